The van der Waals surface area contributed by atoms with Crippen molar-refractivity contribution in [2.24, 2.45) is 0 Å². The first-order valence-corrected chi connectivity index (χ1v) is 12.7. The number of halogens is 2. The van der Waals surface area contributed by atoms with Crippen LogP contribution in [-0.2, 0) is 12.2 Å². The molecule has 1 aliphatic rings. The van der Waals surface area contributed by atoms with Crippen LogP contribution in [0.4, 0.5) is 8.78 Å². The summed E-state index contributed by atoms with van der Waals surface area (Å²) in [5.41, 5.74) is 2.71. The number of aliphatic hydroxyl groups is 1. The van der Waals surface area contributed by atoms with Crippen molar-refractivity contribution in [2.75, 3.05) is 0 Å². The zero-order valence-electron chi connectivity index (χ0n) is 22.4. The van der Waals surface area contributed by atoms with E-state index in [4.69, 9.17) is 4.74 Å². The molecule has 0 spiro atoms. The fourth-order valence-corrected chi connectivity index (χ4v) is 4.29. The summed E-state index contributed by atoms with van der Waals surface area (Å²) in [4.78, 5) is 31.0. The summed E-state index contributed by atoms with van der Waals surface area (Å²) in [6.45, 7) is 8.29. The summed E-state index contributed by atoms with van der Waals surface area (Å²) < 4.78 is 34.5. The first kappa shape index (κ1) is 26.6. The predicted octanol–water partition coefficient (Wildman–Crippen LogP) is 4.97. The topological polar surface area (TPSA) is 103 Å². The van der Waals surface area contributed by atoms with E-state index < -0.39 is 17.2 Å². The van der Waals surface area contributed by atoms with E-state index in [1.165, 1.54) is 0 Å². The fourth-order valence-electron chi connectivity index (χ4n) is 4.29. The maximum absolute atomic E-state index is 14.0. The van der Waals surface area contributed by atoms with Gasteiger partial charge >= 0.3 is 0 Å². The summed E-state index contributed by atoms with van der Waals surface area (Å²) in [5, 5.41) is 10.6. The molecule has 4 aromatic heterocycles. The van der Waals surface area contributed by atoms with Gasteiger partial charge in [0.15, 0.2) is 11.6 Å². The van der Waals surface area contributed by atoms with Crippen molar-refractivity contribution >= 4 is 0 Å². The molecule has 0 aliphatic heterocycles. The van der Waals surface area contributed by atoms with Crippen LogP contribution in [0.3, 0.4) is 0 Å². The number of aromatic nitrogens is 5. The molecule has 39 heavy (non-hydrogen) atoms. The van der Waals surface area contributed by atoms with Gasteiger partial charge < -0.3 is 9.84 Å². The molecule has 4 heterocycles. The van der Waals surface area contributed by atoms with Crippen LogP contribution in [0.1, 0.15) is 66.6 Å². The summed E-state index contributed by atoms with van der Waals surface area (Å²) in [5.74, 6) is -0.647. The zero-order chi connectivity index (χ0) is 28.1. The van der Waals surface area contributed by atoms with Gasteiger partial charge in [-0.3, -0.25) is 19.3 Å². The summed E-state index contributed by atoms with van der Waals surface area (Å²) in [7, 11) is 0. The van der Waals surface area contributed by atoms with E-state index in [0.717, 1.165) is 36.4 Å². The second-order valence-electron chi connectivity index (χ2n) is 10.5. The molecular formula is C29H29F2N5O3. The van der Waals surface area contributed by atoms with Crippen LogP contribution in [0.15, 0.2) is 41.5 Å². The molecule has 0 aromatic carbocycles. The number of nitrogens with zero attached hydrogens (tertiary/aromatic N) is 5. The molecule has 0 bridgehead atoms. The molecule has 202 valence electrons. The Hall–Kier alpha value is -4.05. The lowest BCUT2D eigenvalue weighted by Gasteiger charge is -2.19. The number of hydrogen-bond donors (Lipinski definition) is 1. The van der Waals surface area contributed by atoms with Crippen LogP contribution in [0.5, 0.6) is 5.75 Å². The van der Waals surface area contributed by atoms with Gasteiger partial charge in [0.05, 0.1) is 28.8 Å². The lowest BCUT2D eigenvalue weighted by Crippen LogP contribution is -2.24. The van der Waals surface area contributed by atoms with Crippen LogP contribution < -0.4 is 10.3 Å². The van der Waals surface area contributed by atoms with Crippen molar-refractivity contribution in [3.63, 3.8) is 0 Å². The van der Waals surface area contributed by atoms with Crippen molar-refractivity contribution < 1.29 is 18.6 Å². The van der Waals surface area contributed by atoms with Crippen LogP contribution in [-0.4, -0.2) is 29.6 Å². The first-order chi connectivity index (χ1) is 18.4. The van der Waals surface area contributed by atoms with E-state index in [2.05, 4.69) is 19.9 Å². The zero-order valence-corrected chi connectivity index (χ0v) is 22.4. The highest BCUT2D eigenvalue weighted by atomic mass is 19.1. The summed E-state index contributed by atoms with van der Waals surface area (Å²) in [6, 6.07) is 6.13. The Labute approximate surface area is 224 Å². The minimum absolute atomic E-state index is 0.0619. The lowest BCUT2D eigenvalue weighted by atomic mass is 10.1. The van der Waals surface area contributed by atoms with Crippen molar-refractivity contribution in [1.29, 1.82) is 0 Å². The SMILES string of the molecule is Cc1cnc(-c2cc(C3CC3)nc(C(C)(C)O)n2)cc1-n1c(C)cc(OCc2ncc(F)cc2F)c(C)c1=O. The van der Waals surface area contributed by atoms with Crippen molar-refractivity contribution in [3.8, 4) is 22.8 Å². The monoisotopic (exact) mass is 533 g/mol. The third kappa shape index (κ3) is 5.42. The normalized spacial score (nSPS) is 13.5. The summed E-state index contributed by atoms with van der Waals surface area (Å²) in [6.07, 6.45) is 4.68. The molecule has 0 amide bonds. The number of pyridine rings is 3. The minimum Gasteiger partial charge on any atom is -0.487 e. The van der Waals surface area contributed by atoms with Gasteiger partial charge in [-0.05, 0) is 65.2 Å². The average Bonchev–Trinajstić information content (AvgIpc) is 3.72. The first-order valence-electron chi connectivity index (χ1n) is 12.7. The Morgan fingerprint density at radius 1 is 1.03 bits per heavy atom. The van der Waals surface area contributed by atoms with Gasteiger partial charge in [-0.15, -0.1) is 0 Å². The Kier molecular flexibility index (Phi) is 6.76. The Balaban J connectivity index is 1.53. The maximum Gasteiger partial charge on any atom is 0.261 e. The molecule has 1 fully saturated rings. The van der Waals surface area contributed by atoms with Gasteiger partial charge in [0, 0.05) is 35.6 Å². The fraction of sp³-hybridized carbons (Fsp3) is 0.345. The highest BCUT2D eigenvalue weighted by Crippen LogP contribution is 2.40. The van der Waals surface area contributed by atoms with Crippen LogP contribution in [0.2, 0.25) is 0 Å². The number of aryl methyl sites for hydroxylation is 2. The highest BCUT2D eigenvalue weighted by molar-refractivity contribution is 5.60. The van der Waals surface area contributed by atoms with Crippen molar-refractivity contribution in [2.45, 2.75) is 65.6 Å². The van der Waals surface area contributed by atoms with Crippen LogP contribution in [0.25, 0.3) is 17.1 Å². The molecule has 4 aromatic rings. The quantitative estimate of drug-likeness (QED) is 0.358. The molecule has 1 saturated carbocycles. The molecule has 10 heteroatoms. The predicted molar refractivity (Wildman–Crippen MR) is 141 cm³/mol. The molecule has 0 atom stereocenters. The van der Waals surface area contributed by atoms with E-state index in [9.17, 15) is 18.7 Å². The molecule has 8 nitrogen and oxygen atoms in total. The second kappa shape index (κ2) is 9.92. The van der Waals surface area contributed by atoms with E-state index in [1.54, 1.807) is 50.6 Å². The molecular weight excluding hydrogens is 504 g/mol. The van der Waals surface area contributed by atoms with Gasteiger partial charge in [0.2, 0.25) is 0 Å². The average molecular weight is 534 g/mol. The molecule has 5 rings (SSSR count). The van der Waals surface area contributed by atoms with Gasteiger partial charge in [-0.25, -0.2) is 18.7 Å². The maximum atomic E-state index is 14.0. The van der Waals surface area contributed by atoms with Gasteiger partial charge in [0.1, 0.15) is 29.5 Å². The molecule has 1 N–H and O–H groups in total. The van der Waals surface area contributed by atoms with Crippen molar-refractivity contribution in [3.05, 3.63) is 92.7 Å². The molecule has 0 unspecified atom stereocenters. The Morgan fingerprint density at radius 3 is 2.44 bits per heavy atom. The van der Waals surface area contributed by atoms with Crippen molar-refractivity contribution in [1.82, 2.24) is 24.5 Å². The summed E-state index contributed by atoms with van der Waals surface area (Å²) >= 11 is 0. The Morgan fingerprint density at radius 2 is 1.77 bits per heavy atom. The van der Waals surface area contributed by atoms with E-state index in [1.807, 2.05) is 13.0 Å². The van der Waals surface area contributed by atoms with Gasteiger partial charge in [-0.2, -0.15) is 0 Å². The smallest absolute Gasteiger partial charge is 0.261 e. The molecule has 1 aliphatic carbocycles. The van der Waals surface area contributed by atoms with E-state index in [0.29, 0.717) is 40.1 Å². The number of rotatable bonds is 7. The minimum atomic E-state index is -1.22. The number of hydrogen-bond acceptors (Lipinski definition) is 7. The highest BCUT2D eigenvalue weighted by Gasteiger charge is 2.29. The third-order valence-electron chi connectivity index (χ3n) is 6.70. The third-order valence-corrected chi connectivity index (χ3v) is 6.70. The van der Waals surface area contributed by atoms with Gasteiger partial charge in [0.25, 0.3) is 5.56 Å². The second-order valence-corrected chi connectivity index (χ2v) is 10.5. The van der Waals surface area contributed by atoms with Gasteiger partial charge in [-0.1, -0.05) is 0 Å². The van der Waals surface area contributed by atoms with E-state index in [-0.39, 0.29) is 23.6 Å². The van der Waals surface area contributed by atoms with Crippen LogP contribution >= 0.6 is 0 Å². The molecule has 0 radical (unpaired) electrons. The standard InChI is InChI=1S/C29H29F2N5O3/c1-15-12-32-22(23-10-21(18-6-7-18)34-28(35-23)29(4,5)38)11-25(15)36-16(2)8-26(17(3)27(36)37)39-14-24-20(31)9-19(30)13-33-24/h8-13,18,38H,6-7,14H2,1-5H3. The Bertz CT molecular complexity index is 1640. The lowest BCUT2D eigenvalue weighted by molar-refractivity contribution is 0.0685. The van der Waals surface area contributed by atoms with E-state index >= 15 is 0 Å². The molecule has 0 saturated heterocycles. The van der Waals surface area contributed by atoms with Crippen LogP contribution in [0, 0.1) is 32.4 Å². The largest absolute Gasteiger partial charge is 0.487 e. The number of ether oxygens (including phenoxy) is 1.